The number of sulfone groups is 1. The Labute approximate surface area is 282 Å². The fraction of sp³-hybridized carbons (Fsp3) is 0.273. The minimum atomic E-state index is -5.08. The van der Waals surface area contributed by atoms with Gasteiger partial charge in [0.1, 0.15) is 23.4 Å². The smallest absolute Gasteiger partial charge is 0.490 e. The summed E-state index contributed by atoms with van der Waals surface area (Å²) in [5.74, 6) is -3.88. The second kappa shape index (κ2) is 13.8. The first-order valence-corrected chi connectivity index (χ1v) is 16.6. The first kappa shape index (κ1) is 35.8. The van der Waals surface area contributed by atoms with Crippen molar-refractivity contribution in [2.24, 2.45) is 0 Å². The van der Waals surface area contributed by atoms with Gasteiger partial charge in [0.05, 0.1) is 16.3 Å². The molecule has 1 atom stereocenters. The number of carboxylic acid groups (broad SMARTS) is 1. The molecule has 50 heavy (non-hydrogen) atoms. The number of carbonyl (C=O) groups is 3. The zero-order chi connectivity index (χ0) is 36.5. The standard InChI is InChI=1S/C31H30FN5O5S.C2HF3O2/c1-37-16-19-13-20(5-10-27(19)43(41,42)22-6-7-22)35-28(39)11-3-17-12-18(2-9-26(17)38)29(31(37)40)36-21-4-8-23-24(14-21)25(32)15-34-30(23)33;3-2(4,5)1(6)7/h2,4-5,8-10,12-15,22,29,36,38H,3,6-7,11,16H2,1H3,(H2,33,34)(H,35,39);(H,6,7)/t29-;/m1./s1. The third kappa shape index (κ3) is 7.88. The number of hydrogen-bond acceptors (Lipinski definition) is 9. The number of rotatable bonds is 4. The molecule has 4 bridgehead atoms. The van der Waals surface area contributed by atoms with Crippen molar-refractivity contribution in [2.75, 3.05) is 23.4 Å². The lowest BCUT2D eigenvalue weighted by Gasteiger charge is -2.27. The molecule has 12 nitrogen and oxygen atoms in total. The van der Waals surface area contributed by atoms with Gasteiger partial charge in [0.2, 0.25) is 11.8 Å². The molecular formula is C33H31F4N5O7S. The van der Waals surface area contributed by atoms with Crippen molar-refractivity contribution in [3.63, 3.8) is 0 Å². The Bertz CT molecular complexity index is 2110. The predicted octanol–water partition coefficient (Wildman–Crippen LogP) is 4.93. The first-order chi connectivity index (χ1) is 23.4. The molecule has 1 saturated carbocycles. The van der Waals surface area contributed by atoms with Crippen LogP contribution in [-0.2, 0) is 37.2 Å². The average molecular weight is 718 g/mol. The number of nitrogen functional groups attached to an aromatic ring is 1. The molecule has 264 valence electrons. The van der Waals surface area contributed by atoms with Crippen molar-refractivity contribution < 1.29 is 50.6 Å². The molecule has 6 N–H and O–H groups in total. The largest absolute Gasteiger partial charge is 0.508 e. The van der Waals surface area contributed by atoms with Gasteiger partial charge in [0, 0.05) is 42.2 Å². The summed E-state index contributed by atoms with van der Waals surface area (Å²) in [7, 11) is -2.04. The van der Waals surface area contributed by atoms with Crippen molar-refractivity contribution in [1.29, 1.82) is 0 Å². The van der Waals surface area contributed by atoms with Crippen LogP contribution in [-0.4, -0.2) is 64.8 Å². The van der Waals surface area contributed by atoms with Gasteiger partial charge in [-0.25, -0.2) is 22.6 Å². The molecule has 6 rings (SSSR count). The number of anilines is 3. The number of carboxylic acids is 1. The first-order valence-electron chi connectivity index (χ1n) is 15.1. The van der Waals surface area contributed by atoms with Crippen LogP contribution in [0.1, 0.15) is 42.0 Å². The summed E-state index contributed by atoms with van der Waals surface area (Å²) in [6, 6.07) is 13.1. The number of aryl methyl sites for hydroxylation is 1. The lowest BCUT2D eigenvalue weighted by molar-refractivity contribution is -0.192. The van der Waals surface area contributed by atoms with Gasteiger partial charge in [-0.2, -0.15) is 13.2 Å². The molecule has 4 aromatic rings. The fourth-order valence-electron chi connectivity index (χ4n) is 5.40. The highest BCUT2D eigenvalue weighted by Gasteiger charge is 2.39. The summed E-state index contributed by atoms with van der Waals surface area (Å²) in [5.41, 5.74) is 8.12. The van der Waals surface area contributed by atoms with Gasteiger partial charge in [-0.15, -0.1) is 0 Å². The third-order valence-corrected chi connectivity index (χ3v) is 10.5. The van der Waals surface area contributed by atoms with Crippen molar-refractivity contribution in [3.05, 3.63) is 83.3 Å². The molecule has 0 radical (unpaired) electrons. The second-order valence-electron chi connectivity index (χ2n) is 11.8. The zero-order valence-corrected chi connectivity index (χ0v) is 27.1. The molecule has 17 heteroatoms. The molecule has 2 amide bonds. The summed E-state index contributed by atoms with van der Waals surface area (Å²) < 4.78 is 72.9. The number of aliphatic carboxylic acids is 1. The van der Waals surface area contributed by atoms with Gasteiger partial charge in [0.15, 0.2) is 9.84 Å². The topological polar surface area (TPSA) is 192 Å². The number of halogens is 4. The Morgan fingerprint density at radius 3 is 2.38 bits per heavy atom. The molecule has 0 saturated heterocycles. The lowest BCUT2D eigenvalue weighted by atomic mass is 9.98. The maximum atomic E-state index is 14.7. The number of aromatic nitrogens is 1. The van der Waals surface area contributed by atoms with Gasteiger partial charge in [-0.05, 0) is 84.5 Å². The van der Waals surface area contributed by atoms with Crippen molar-refractivity contribution in [3.8, 4) is 5.75 Å². The van der Waals surface area contributed by atoms with E-state index >= 15 is 0 Å². The molecule has 1 fully saturated rings. The Morgan fingerprint density at radius 2 is 1.72 bits per heavy atom. The summed E-state index contributed by atoms with van der Waals surface area (Å²) in [6.07, 6.45) is -2.65. The van der Waals surface area contributed by atoms with Gasteiger partial charge in [-0.3, -0.25) is 9.59 Å². The molecule has 1 aliphatic carbocycles. The highest BCUT2D eigenvalue weighted by atomic mass is 32.2. The highest BCUT2D eigenvalue weighted by molar-refractivity contribution is 7.92. The van der Waals surface area contributed by atoms with E-state index < -0.39 is 45.0 Å². The van der Waals surface area contributed by atoms with Crippen LogP contribution < -0.4 is 16.4 Å². The van der Waals surface area contributed by atoms with E-state index in [0.717, 1.165) is 6.20 Å². The number of carbonyl (C=O) groups excluding carboxylic acids is 2. The maximum Gasteiger partial charge on any atom is 0.490 e. The Balaban J connectivity index is 0.000000630. The number of nitrogens with one attached hydrogen (secondary N) is 2. The number of phenols is 1. The van der Waals surface area contributed by atoms with Crippen molar-refractivity contribution >= 4 is 55.6 Å². The molecule has 2 heterocycles. The fourth-order valence-corrected chi connectivity index (χ4v) is 7.26. The zero-order valence-electron chi connectivity index (χ0n) is 26.3. The van der Waals surface area contributed by atoms with Crippen LogP contribution in [0.15, 0.2) is 65.7 Å². The van der Waals surface area contributed by atoms with E-state index in [-0.39, 0.29) is 47.1 Å². The Kier molecular flexibility index (Phi) is 9.90. The Hall–Kier alpha value is -5.45. The van der Waals surface area contributed by atoms with Crippen molar-refractivity contribution in [2.45, 2.75) is 54.6 Å². The quantitative estimate of drug-likeness (QED) is 0.181. The number of likely N-dealkylation sites (N-methyl/N-ethyl adjacent to an activating group) is 1. The van der Waals surface area contributed by atoms with Crippen molar-refractivity contribution in [1.82, 2.24) is 9.88 Å². The number of hydrogen-bond donors (Lipinski definition) is 5. The summed E-state index contributed by atoms with van der Waals surface area (Å²) >= 11 is 0. The maximum absolute atomic E-state index is 14.7. The van der Waals surface area contributed by atoms with E-state index in [0.29, 0.717) is 46.3 Å². The summed E-state index contributed by atoms with van der Waals surface area (Å²) in [5, 5.41) is 23.9. The van der Waals surface area contributed by atoms with E-state index in [4.69, 9.17) is 15.6 Å². The minimum Gasteiger partial charge on any atom is -0.508 e. The predicted molar refractivity (Wildman–Crippen MR) is 174 cm³/mol. The van der Waals surface area contributed by atoms with Crippen LogP contribution in [0.25, 0.3) is 10.8 Å². The lowest BCUT2D eigenvalue weighted by Crippen LogP contribution is -2.35. The minimum absolute atomic E-state index is 0.0177. The van der Waals surface area contributed by atoms with Crippen LogP contribution in [0.4, 0.5) is 34.8 Å². The number of benzene rings is 3. The molecular weight excluding hydrogens is 686 g/mol. The number of fused-ring (bicyclic) bond motifs is 5. The molecule has 1 aliphatic heterocycles. The SMILES string of the molecule is CN1Cc2cc(ccc2S(=O)(=O)C2CC2)NC(=O)CCc2cc(ccc2O)[C@@H](Nc2ccc3c(N)ncc(F)c3c2)C1=O.O=C(O)C(F)(F)F. The normalized spacial score (nSPS) is 16.9. The molecule has 3 aromatic carbocycles. The number of aromatic hydroxyl groups is 1. The molecule has 2 aliphatic rings. The number of nitrogens with zero attached hydrogens (tertiary/aromatic N) is 2. The monoisotopic (exact) mass is 717 g/mol. The Morgan fingerprint density at radius 1 is 1.02 bits per heavy atom. The summed E-state index contributed by atoms with van der Waals surface area (Å²) in [6.45, 7) is -0.0541. The number of phenolic OH excluding ortho intramolecular Hbond substituents is 1. The van der Waals surface area contributed by atoms with E-state index in [1.54, 1.807) is 43.4 Å². The van der Waals surface area contributed by atoms with E-state index in [9.17, 15) is 40.7 Å². The van der Waals surface area contributed by atoms with Gasteiger partial charge in [0.25, 0.3) is 0 Å². The average Bonchev–Trinajstić information content (AvgIpc) is 3.91. The highest BCUT2D eigenvalue weighted by Crippen LogP contribution is 2.37. The van der Waals surface area contributed by atoms with E-state index in [2.05, 4.69) is 15.6 Å². The summed E-state index contributed by atoms with van der Waals surface area (Å²) in [4.78, 5) is 41.2. The van der Waals surface area contributed by atoms with E-state index in [1.165, 1.54) is 23.1 Å². The number of alkyl halides is 3. The number of pyridine rings is 1. The second-order valence-corrected chi connectivity index (χ2v) is 14.0. The van der Waals surface area contributed by atoms with E-state index in [1.807, 2.05) is 0 Å². The van der Waals surface area contributed by atoms with Gasteiger partial charge in [-0.1, -0.05) is 6.07 Å². The van der Waals surface area contributed by atoms with Crippen LogP contribution in [0.3, 0.4) is 0 Å². The molecule has 1 aromatic heterocycles. The molecule has 0 unspecified atom stereocenters. The van der Waals surface area contributed by atoms with Gasteiger partial charge < -0.3 is 31.5 Å². The van der Waals surface area contributed by atoms with Crippen LogP contribution >= 0.6 is 0 Å². The number of nitrogens with two attached hydrogens (primary N) is 1. The third-order valence-electron chi connectivity index (χ3n) is 8.13. The van der Waals surface area contributed by atoms with Gasteiger partial charge >= 0.3 is 12.1 Å². The van der Waals surface area contributed by atoms with Crippen LogP contribution in [0.2, 0.25) is 0 Å². The molecule has 0 spiro atoms. The van der Waals surface area contributed by atoms with Crippen LogP contribution in [0, 0.1) is 5.82 Å². The van der Waals surface area contributed by atoms with Crippen LogP contribution in [0.5, 0.6) is 5.75 Å². The number of amides is 2.